The Balaban J connectivity index is 2.18. The number of anilines is 1. The van der Waals surface area contributed by atoms with Gasteiger partial charge in [0.05, 0.1) is 11.3 Å². The summed E-state index contributed by atoms with van der Waals surface area (Å²) in [5, 5.41) is 2.46. The van der Waals surface area contributed by atoms with Gasteiger partial charge in [0.25, 0.3) is 5.91 Å². The van der Waals surface area contributed by atoms with Crippen LogP contribution in [-0.2, 0) is 0 Å². The molecule has 6 heteroatoms. The number of halogens is 2. The Labute approximate surface area is 111 Å². The lowest BCUT2D eigenvalue weighted by Gasteiger charge is -2.06. The van der Waals surface area contributed by atoms with Crippen molar-refractivity contribution in [3.63, 3.8) is 0 Å². The van der Waals surface area contributed by atoms with Gasteiger partial charge in [0.2, 0.25) is 0 Å². The van der Waals surface area contributed by atoms with Gasteiger partial charge in [-0.2, -0.15) is 0 Å². The molecule has 0 atom stereocenters. The number of aryl methyl sites for hydroxylation is 1. The molecule has 92 valence electrons. The summed E-state index contributed by atoms with van der Waals surface area (Å²) in [5.41, 5.74) is 0.395. The maximum Gasteiger partial charge on any atom is 0.258 e. The SMILES string of the molecule is Cc1ncc(C(=O)Nc2ccc(Br)cc2F)cn1. The Morgan fingerprint density at radius 1 is 1.33 bits per heavy atom. The first-order chi connectivity index (χ1) is 8.56. The smallest absolute Gasteiger partial charge is 0.258 e. The maximum absolute atomic E-state index is 13.5. The van der Waals surface area contributed by atoms with E-state index in [1.54, 1.807) is 13.0 Å². The highest BCUT2D eigenvalue weighted by molar-refractivity contribution is 9.10. The number of carbonyl (C=O) groups is 1. The lowest BCUT2D eigenvalue weighted by molar-refractivity contribution is 0.102. The number of carbonyl (C=O) groups excluding carboxylic acids is 1. The summed E-state index contributed by atoms with van der Waals surface area (Å²) < 4.78 is 14.1. The molecular formula is C12H9BrFN3O. The van der Waals surface area contributed by atoms with Crippen LogP contribution in [0.5, 0.6) is 0 Å². The molecule has 1 aromatic carbocycles. The summed E-state index contributed by atoms with van der Waals surface area (Å²) in [4.78, 5) is 19.6. The van der Waals surface area contributed by atoms with Gasteiger partial charge in [0, 0.05) is 16.9 Å². The zero-order valence-corrected chi connectivity index (χ0v) is 11.0. The predicted octanol–water partition coefficient (Wildman–Crippen LogP) is 2.94. The third kappa shape index (κ3) is 2.89. The molecule has 0 fully saturated rings. The van der Waals surface area contributed by atoms with E-state index in [1.165, 1.54) is 24.5 Å². The lowest BCUT2D eigenvalue weighted by atomic mass is 10.2. The third-order valence-corrected chi connectivity index (χ3v) is 2.72. The fraction of sp³-hybridized carbons (Fsp3) is 0.0833. The van der Waals surface area contributed by atoms with Crippen LogP contribution in [0.25, 0.3) is 0 Å². The molecule has 0 aliphatic rings. The zero-order valence-electron chi connectivity index (χ0n) is 9.45. The van der Waals surface area contributed by atoms with Crippen molar-refractivity contribution in [3.8, 4) is 0 Å². The zero-order chi connectivity index (χ0) is 13.1. The van der Waals surface area contributed by atoms with E-state index in [0.717, 1.165) is 0 Å². The van der Waals surface area contributed by atoms with Crippen LogP contribution in [0.4, 0.5) is 10.1 Å². The van der Waals surface area contributed by atoms with Gasteiger partial charge in [-0.1, -0.05) is 15.9 Å². The second-order valence-corrected chi connectivity index (χ2v) is 4.51. The molecule has 0 bridgehead atoms. The van der Waals surface area contributed by atoms with E-state index in [0.29, 0.717) is 10.3 Å². The van der Waals surface area contributed by atoms with Gasteiger partial charge >= 0.3 is 0 Å². The molecule has 1 heterocycles. The van der Waals surface area contributed by atoms with E-state index in [9.17, 15) is 9.18 Å². The van der Waals surface area contributed by atoms with E-state index < -0.39 is 11.7 Å². The molecule has 0 aliphatic carbocycles. The fourth-order valence-corrected chi connectivity index (χ4v) is 1.63. The topological polar surface area (TPSA) is 54.9 Å². The molecule has 0 saturated carbocycles. The van der Waals surface area contributed by atoms with Gasteiger partial charge in [0.15, 0.2) is 0 Å². The minimum absolute atomic E-state index is 0.115. The Kier molecular flexibility index (Phi) is 3.66. The van der Waals surface area contributed by atoms with Gasteiger partial charge in [-0.25, -0.2) is 14.4 Å². The van der Waals surface area contributed by atoms with Crippen LogP contribution in [0.2, 0.25) is 0 Å². The monoisotopic (exact) mass is 309 g/mol. The average Bonchev–Trinajstić information content (AvgIpc) is 2.33. The Morgan fingerprint density at radius 3 is 2.61 bits per heavy atom. The highest BCUT2D eigenvalue weighted by Crippen LogP contribution is 2.19. The van der Waals surface area contributed by atoms with E-state index in [2.05, 4.69) is 31.2 Å². The van der Waals surface area contributed by atoms with E-state index in [4.69, 9.17) is 0 Å². The van der Waals surface area contributed by atoms with Crippen LogP contribution in [-0.4, -0.2) is 15.9 Å². The van der Waals surface area contributed by atoms with Crippen molar-refractivity contribution in [2.45, 2.75) is 6.92 Å². The third-order valence-electron chi connectivity index (χ3n) is 2.22. The van der Waals surface area contributed by atoms with E-state index in [-0.39, 0.29) is 11.3 Å². The van der Waals surface area contributed by atoms with Crippen molar-refractivity contribution in [1.29, 1.82) is 0 Å². The number of aromatic nitrogens is 2. The summed E-state index contributed by atoms with van der Waals surface area (Å²) in [5.74, 6) is -0.386. The highest BCUT2D eigenvalue weighted by Gasteiger charge is 2.10. The molecule has 0 aliphatic heterocycles. The highest BCUT2D eigenvalue weighted by atomic mass is 79.9. The average molecular weight is 310 g/mol. The van der Waals surface area contributed by atoms with Crippen LogP contribution < -0.4 is 5.32 Å². The molecule has 0 radical (unpaired) electrons. The standard InChI is InChI=1S/C12H9BrFN3O/c1-7-15-5-8(6-16-7)12(18)17-11-3-2-9(13)4-10(11)14/h2-6H,1H3,(H,17,18). The number of benzene rings is 1. The quantitative estimate of drug-likeness (QED) is 0.928. The van der Waals surface area contributed by atoms with E-state index >= 15 is 0 Å². The molecule has 1 aromatic heterocycles. The fourth-order valence-electron chi connectivity index (χ4n) is 1.30. The molecule has 0 spiro atoms. The number of amides is 1. The summed E-state index contributed by atoms with van der Waals surface area (Å²) in [6.07, 6.45) is 2.79. The van der Waals surface area contributed by atoms with Crippen molar-refractivity contribution >= 4 is 27.5 Å². The van der Waals surface area contributed by atoms with Crippen LogP contribution in [0.3, 0.4) is 0 Å². The molecule has 1 amide bonds. The second kappa shape index (κ2) is 5.22. The van der Waals surface area contributed by atoms with Gasteiger partial charge < -0.3 is 5.32 Å². The van der Waals surface area contributed by atoms with Crippen molar-refractivity contribution < 1.29 is 9.18 Å². The number of hydrogen-bond acceptors (Lipinski definition) is 3. The van der Waals surface area contributed by atoms with Crippen molar-refractivity contribution in [1.82, 2.24) is 9.97 Å². The molecule has 18 heavy (non-hydrogen) atoms. The number of hydrogen-bond donors (Lipinski definition) is 1. The number of rotatable bonds is 2. The molecule has 1 N–H and O–H groups in total. The van der Waals surface area contributed by atoms with Crippen LogP contribution >= 0.6 is 15.9 Å². The largest absolute Gasteiger partial charge is 0.319 e. The molecule has 2 rings (SSSR count). The lowest BCUT2D eigenvalue weighted by Crippen LogP contribution is -2.13. The number of nitrogens with one attached hydrogen (secondary N) is 1. The Bertz CT molecular complexity index is 586. The van der Waals surface area contributed by atoms with Crippen LogP contribution in [0, 0.1) is 12.7 Å². The summed E-state index contributed by atoms with van der Waals surface area (Å²) in [6, 6.07) is 4.40. The molecule has 0 saturated heterocycles. The normalized spacial score (nSPS) is 10.2. The molecule has 2 aromatic rings. The number of nitrogens with zero attached hydrogens (tertiary/aromatic N) is 2. The first kappa shape index (κ1) is 12.6. The maximum atomic E-state index is 13.5. The first-order valence-electron chi connectivity index (χ1n) is 5.11. The summed E-state index contributed by atoms with van der Waals surface area (Å²) >= 11 is 3.14. The first-order valence-corrected chi connectivity index (χ1v) is 5.90. The molecule has 4 nitrogen and oxygen atoms in total. The molecule has 0 unspecified atom stereocenters. The Hall–Kier alpha value is -1.82. The van der Waals surface area contributed by atoms with Gasteiger partial charge in [-0.05, 0) is 25.1 Å². The van der Waals surface area contributed by atoms with Crippen LogP contribution in [0.1, 0.15) is 16.2 Å². The minimum atomic E-state index is -0.509. The summed E-state index contributed by atoms with van der Waals surface area (Å²) in [6.45, 7) is 1.72. The van der Waals surface area contributed by atoms with E-state index in [1.807, 2.05) is 0 Å². The van der Waals surface area contributed by atoms with Gasteiger partial charge in [-0.3, -0.25) is 4.79 Å². The second-order valence-electron chi connectivity index (χ2n) is 3.60. The molecular weight excluding hydrogens is 301 g/mol. The van der Waals surface area contributed by atoms with Gasteiger partial charge in [0.1, 0.15) is 11.6 Å². The van der Waals surface area contributed by atoms with Crippen molar-refractivity contribution in [2.75, 3.05) is 5.32 Å². The summed E-state index contributed by atoms with van der Waals surface area (Å²) in [7, 11) is 0. The van der Waals surface area contributed by atoms with Crippen LogP contribution in [0.15, 0.2) is 35.1 Å². The van der Waals surface area contributed by atoms with Gasteiger partial charge in [-0.15, -0.1) is 0 Å². The predicted molar refractivity (Wildman–Crippen MR) is 68.8 cm³/mol. The van der Waals surface area contributed by atoms with Crippen molar-refractivity contribution in [3.05, 3.63) is 52.3 Å². The van der Waals surface area contributed by atoms with Crippen molar-refractivity contribution in [2.24, 2.45) is 0 Å². The minimum Gasteiger partial charge on any atom is -0.319 e. The Morgan fingerprint density at radius 2 is 2.00 bits per heavy atom.